The molecule has 0 fully saturated rings. The molecule has 2 heteroatoms. The SMILES string of the molecule is [CH2-]CCCCC.[Li+].[Li+].[c-]1ccccc1. The molecule has 1 aromatic rings. The summed E-state index contributed by atoms with van der Waals surface area (Å²) in [4.78, 5) is 0. The first kappa shape index (κ1) is 19.9. The van der Waals surface area contributed by atoms with E-state index in [0.717, 1.165) is 6.42 Å². The topological polar surface area (TPSA) is 0 Å². The van der Waals surface area contributed by atoms with Gasteiger partial charge in [-0.3, -0.25) is 0 Å². The molecule has 0 N–H and O–H groups in total. The van der Waals surface area contributed by atoms with Crippen LogP contribution in [0.25, 0.3) is 0 Å². The van der Waals surface area contributed by atoms with Gasteiger partial charge in [0, 0.05) is 0 Å². The smallest absolute Gasteiger partial charge is 0.343 e. The van der Waals surface area contributed by atoms with E-state index in [9.17, 15) is 0 Å². The Bertz CT molecular complexity index is 121. The van der Waals surface area contributed by atoms with E-state index in [1.165, 1.54) is 19.3 Å². The van der Waals surface area contributed by atoms with Gasteiger partial charge >= 0.3 is 37.7 Å². The van der Waals surface area contributed by atoms with Crippen molar-refractivity contribution < 1.29 is 37.7 Å². The van der Waals surface area contributed by atoms with Crippen LogP contribution in [0.3, 0.4) is 0 Å². The van der Waals surface area contributed by atoms with E-state index in [1.54, 1.807) is 0 Å². The van der Waals surface area contributed by atoms with Crippen molar-refractivity contribution in [3.05, 3.63) is 43.3 Å². The van der Waals surface area contributed by atoms with E-state index in [0.29, 0.717) is 0 Å². The molecule has 0 atom stereocenters. The zero-order valence-electron chi connectivity index (χ0n) is 9.92. The van der Waals surface area contributed by atoms with E-state index in [1.807, 2.05) is 30.3 Å². The van der Waals surface area contributed by atoms with E-state index in [4.69, 9.17) is 0 Å². The molecule has 0 unspecified atom stereocenters. The molecule has 0 aliphatic rings. The predicted octanol–water partition coefficient (Wildman–Crippen LogP) is -2.10. The van der Waals surface area contributed by atoms with Gasteiger partial charge in [0.1, 0.15) is 0 Å². The van der Waals surface area contributed by atoms with Crippen LogP contribution < -0.4 is 37.7 Å². The van der Waals surface area contributed by atoms with Crippen LogP contribution in [0.15, 0.2) is 30.3 Å². The Labute approximate surface area is 113 Å². The summed E-state index contributed by atoms with van der Waals surface area (Å²) in [5.74, 6) is 0. The number of rotatable bonds is 3. The van der Waals surface area contributed by atoms with Crippen molar-refractivity contribution in [2.24, 2.45) is 0 Å². The largest absolute Gasteiger partial charge is 1.00 e. The Balaban J connectivity index is -0.000000151. The molecule has 1 aromatic carbocycles. The van der Waals surface area contributed by atoms with Gasteiger partial charge in [0.05, 0.1) is 0 Å². The van der Waals surface area contributed by atoms with Crippen LogP contribution in [0.2, 0.25) is 0 Å². The van der Waals surface area contributed by atoms with Crippen LogP contribution in [-0.2, 0) is 0 Å². The number of unbranched alkanes of at least 4 members (excludes halogenated alkanes) is 3. The summed E-state index contributed by atoms with van der Waals surface area (Å²) >= 11 is 0. The van der Waals surface area contributed by atoms with Crippen molar-refractivity contribution >= 4 is 0 Å². The van der Waals surface area contributed by atoms with Gasteiger partial charge in [0.15, 0.2) is 0 Å². The summed E-state index contributed by atoms with van der Waals surface area (Å²) < 4.78 is 0. The Hall–Kier alpha value is 0.415. The normalized spacial score (nSPS) is 7.29. The van der Waals surface area contributed by atoms with Gasteiger partial charge < -0.3 is 6.92 Å². The molecule has 0 heterocycles. The third-order valence-corrected chi connectivity index (χ3v) is 1.46. The van der Waals surface area contributed by atoms with E-state index in [2.05, 4.69) is 19.9 Å². The molecule has 0 spiro atoms. The predicted molar refractivity (Wildman–Crippen MR) is 54.8 cm³/mol. The van der Waals surface area contributed by atoms with E-state index < -0.39 is 0 Å². The first-order valence-corrected chi connectivity index (χ1v) is 4.62. The van der Waals surface area contributed by atoms with Crippen LogP contribution in [0.1, 0.15) is 32.6 Å². The first-order valence-electron chi connectivity index (χ1n) is 4.62. The minimum Gasteiger partial charge on any atom is -0.343 e. The number of benzene rings is 1. The molecule has 0 aromatic heterocycles. The molecular weight excluding hydrogens is 158 g/mol. The van der Waals surface area contributed by atoms with Gasteiger partial charge in [-0.05, 0) is 0 Å². The zero-order valence-corrected chi connectivity index (χ0v) is 9.92. The zero-order chi connectivity index (χ0) is 9.07. The molecule has 0 saturated carbocycles. The Morgan fingerprint density at radius 3 is 1.71 bits per heavy atom. The molecular formula is C12H18Li2. The average Bonchev–Trinajstić information content (AvgIpc) is 2.18. The van der Waals surface area contributed by atoms with Crippen molar-refractivity contribution in [3.8, 4) is 0 Å². The molecule has 0 nitrogen and oxygen atoms in total. The van der Waals surface area contributed by atoms with Crippen molar-refractivity contribution in [1.29, 1.82) is 0 Å². The van der Waals surface area contributed by atoms with Gasteiger partial charge in [0.2, 0.25) is 0 Å². The maximum Gasteiger partial charge on any atom is 1.00 e. The molecule has 0 bridgehead atoms. The molecule has 0 aliphatic carbocycles. The Morgan fingerprint density at radius 1 is 1.00 bits per heavy atom. The quantitative estimate of drug-likeness (QED) is 0.281. The van der Waals surface area contributed by atoms with Crippen molar-refractivity contribution in [2.75, 3.05) is 0 Å². The second kappa shape index (κ2) is 19.1. The van der Waals surface area contributed by atoms with Crippen LogP contribution >= 0.6 is 0 Å². The molecule has 0 saturated heterocycles. The number of hydrogen-bond acceptors (Lipinski definition) is 0. The third kappa shape index (κ3) is 18.2. The summed E-state index contributed by atoms with van der Waals surface area (Å²) in [5.41, 5.74) is 0. The molecule has 14 heavy (non-hydrogen) atoms. The van der Waals surface area contributed by atoms with Crippen molar-refractivity contribution in [3.63, 3.8) is 0 Å². The summed E-state index contributed by atoms with van der Waals surface area (Å²) in [6, 6.07) is 12.5. The molecule has 0 radical (unpaired) electrons. The van der Waals surface area contributed by atoms with Crippen molar-refractivity contribution in [1.82, 2.24) is 0 Å². The fourth-order valence-corrected chi connectivity index (χ4v) is 0.769. The van der Waals surface area contributed by atoms with E-state index >= 15 is 0 Å². The molecule has 1 rings (SSSR count). The molecule has 68 valence electrons. The van der Waals surface area contributed by atoms with Crippen LogP contribution in [0, 0.1) is 13.0 Å². The van der Waals surface area contributed by atoms with Gasteiger partial charge in [-0.15, -0.1) is 0 Å². The minimum atomic E-state index is 0. The Morgan fingerprint density at radius 2 is 1.57 bits per heavy atom. The van der Waals surface area contributed by atoms with Crippen LogP contribution in [0.4, 0.5) is 0 Å². The fraction of sp³-hybridized carbons (Fsp3) is 0.417. The maximum atomic E-state index is 3.72. The summed E-state index contributed by atoms with van der Waals surface area (Å²) in [5, 5.41) is 0. The van der Waals surface area contributed by atoms with E-state index in [-0.39, 0.29) is 37.7 Å². The summed E-state index contributed by atoms with van der Waals surface area (Å²) in [6.45, 7) is 5.93. The average molecular weight is 176 g/mol. The first-order chi connectivity index (χ1) is 5.91. The van der Waals surface area contributed by atoms with Gasteiger partial charge in [-0.25, -0.2) is 0 Å². The molecule has 0 aliphatic heterocycles. The van der Waals surface area contributed by atoms with Gasteiger partial charge in [0.25, 0.3) is 0 Å². The monoisotopic (exact) mass is 176 g/mol. The fourth-order valence-electron chi connectivity index (χ4n) is 0.769. The van der Waals surface area contributed by atoms with Crippen LogP contribution in [-0.4, -0.2) is 0 Å². The second-order valence-corrected chi connectivity index (χ2v) is 2.64. The summed E-state index contributed by atoms with van der Waals surface area (Å²) in [7, 11) is 0. The minimum absolute atomic E-state index is 0. The second-order valence-electron chi connectivity index (χ2n) is 2.64. The van der Waals surface area contributed by atoms with Crippen LogP contribution in [0.5, 0.6) is 0 Å². The number of hydrogen-bond donors (Lipinski definition) is 0. The maximum absolute atomic E-state index is 3.72. The molecule has 0 amide bonds. The van der Waals surface area contributed by atoms with Crippen molar-refractivity contribution in [2.45, 2.75) is 32.6 Å². The van der Waals surface area contributed by atoms with Gasteiger partial charge in [-0.1, -0.05) is 26.2 Å². The third-order valence-electron chi connectivity index (χ3n) is 1.46. The Kier molecular flexibility index (Phi) is 27.1. The summed E-state index contributed by atoms with van der Waals surface area (Å²) in [6.07, 6.45) is 5.07. The standard InChI is InChI=1S/C6H5.C6H13.2Li/c1-2-4-6-5-3-1;1-3-5-6-4-2;;/h1-5H;1,3-6H2,2H3;;/q2*-1;2*+1. The van der Waals surface area contributed by atoms with Gasteiger partial charge in [-0.2, -0.15) is 42.8 Å².